The van der Waals surface area contributed by atoms with E-state index in [1.165, 1.54) is 4.68 Å². The number of halogens is 1. The number of carbonyl (C=O) groups is 2. The molecule has 2 aromatic carbocycles. The van der Waals surface area contributed by atoms with Crippen molar-refractivity contribution in [2.75, 3.05) is 19.6 Å². The average molecular weight is 439 g/mol. The minimum atomic E-state index is -0.438. The molecule has 1 aliphatic heterocycles. The number of nitrogens with zero attached hydrogens (tertiary/aromatic N) is 3. The summed E-state index contributed by atoms with van der Waals surface area (Å²) in [5, 5.41) is 7.31. The Bertz CT molecular complexity index is 1050. The standard InChI is InChI=1S/C23H23ClN4O3/c24-20-8-4-5-9-21(20)31-19-10-12-27(13-11-19)22(29)15-25-23(30)28-16-18(14-26-28)17-6-2-1-3-7-17/h1-9,14,16,19H,10-13,15H2,(H,25,30). The van der Waals surface area contributed by atoms with Gasteiger partial charge in [0.2, 0.25) is 5.91 Å². The smallest absolute Gasteiger partial charge is 0.342 e. The number of nitrogens with one attached hydrogen (secondary N) is 1. The molecule has 1 N–H and O–H groups in total. The highest BCUT2D eigenvalue weighted by Gasteiger charge is 2.24. The summed E-state index contributed by atoms with van der Waals surface area (Å²) in [6.45, 7) is 1.07. The second kappa shape index (κ2) is 9.66. The normalized spacial score (nSPS) is 14.3. The Labute approximate surface area is 185 Å². The molecule has 1 aliphatic rings. The van der Waals surface area contributed by atoms with Gasteiger partial charge in [0.25, 0.3) is 0 Å². The third kappa shape index (κ3) is 5.24. The van der Waals surface area contributed by atoms with Gasteiger partial charge in [-0.25, -0.2) is 4.79 Å². The molecule has 1 fully saturated rings. The molecule has 0 radical (unpaired) electrons. The zero-order valence-corrected chi connectivity index (χ0v) is 17.7. The van der Waals surface area contributed by atoms with Crippen molar-refractivity contribution < 1.29 is 14.3 Å². The molecule has 0 unspecified atom stereocenters. The van der Waals surface area contributed by atoms with Crippen LogP contribution in [0.25, 0.3) is 11.1 Å². The first-order valence-electron chi connectivity index (χ1n) is 10.2. The molecule has 0 aliphatic carbocycles. The monoisotopic (exact) mass is 438 g/mol. The Kier molecular flexibility index (Phi) is 6.52. The molecule has 0 bridgehead atoms. The zero-order valence-electron chi connectivity index (χ0n) is 16.9. The van der Waals surface area contributed by atoms with E-state index in [0.29, 0.717) is 36.7 Å². The largest absolute Gasteiger partial charge is 0.489 e. The Balaban J connectivity index is 1.24. The molecule has 160 valence electrons. The number of likely N-dealkylation sites (tertiary alicyclic amines) is 1. The van der Waals surface area contributed by atoms with Crippen molar-refractivity contribution in [3.63, 3.8) is 0 Å². The number of carbonyl (C=O) groups excluding carboxylic acids is 2. The van der Waals surface area contributed by atoms with Crippen LogP contribution in [0.3, 0.4) is 0 Å². The second-order valence-electron chi connectivity index (χ2n) is 7.33. The summed E-state index contributed by atoms with van der Waals surface area (Å²) in [5.74, 6) is 0.537. The molecule has 1 saturated heterocycles. The number of aromatic nitrogens is 2. The van der Waals surface area contributed by atoms with Crippen LogP contribution in [-0.2, 0) is 4.79 Å². The van der Waals surface area contributed by atoms with Gasteiger partial charge in [0, 0.05) is 37.7 Å². The van der Waals surface area contributed by atoms with Gasteiger partial charge in [-0.15, -0.1) is 0 Å². The number of amides is 2. The summed E-state index contributed by atoms with van der Waals surface area (Å²) in [5.41, 5.74) is 1.81. The van der Waals surface area contributed by atoms with Crippen LogP contribution in [0.1, 0.15) is 12.8 Å². The molecule has 2 heterocycles. The third-order valence-electron chi connectivity index (χ3n) is 5.21. The van der Waals surface area contributed by atoms with Crippen molar-refractivity contribution in [1.29, 1.82) is 0 Å². The van der Waals surface area contributed by atoms with Crippen molar-refractivity contribution >= 4 is 23.5 Å². The Morgan fingerprint density at radius 2 is 1.74 bits per heavy atom. The predicted molar refractivity (Wildman–Crippen MR) is 118 cm³/mol. The fourth-order valence-electron chi connectivity index (χ4n) is 3.50. The maximum Gasteiger partial charge on any atom is 0.342 e. The first kappa shape index (κ1) is 20.9. The highest BCUT2D eigenvalue weighted by Crippen LogP contribution is 2.26. The van der Waals surface area contributed by atoms with Crippen LogP contribution in [0.5, 0.6) is 5.75 Å². The van der Waals surface area contributed by atoms with Crippen LogP contribution in [0.15, 0.2) is 67.0 Å². The van der Waals surface area contributed by atoms with E-state index >= 15 is 0 Å². The maximum absolute atomic E-state index is 12.5. The number of benzene rings is 2. The summed E-state index contributed by atoms with van der Waals surface area (Å²) in [6, 6.07) is 16.6. The molecule has 7 nitrogen and oxygen atoms in total. The molecule has 0 atom stereocenters. The Morgan fingerprint density at radius 3 is 2.48 bits per heavy atom. The summed E-state index contributed by atoms with van der Waals surface area (Å²) in [6.07, 6.45) is 4.71. The quantitative estimate of drug-likeness (QED) is 0.656. The van der Waals surface area contributed by atoms with Gasteiger partial charge < -0.3 is 15.0 Å². The number of rotatable bonds is 5. The lowest BCUT2D eigenvalue weighted by Crippen LogP contribution is -2.46. The van der Waals surface area contributed by atoms with E-state index in [0.717, 1.165) is 11.1 Å². The minimum Gasteiger partial charge on any atom is -0.489 e. The van der Waals surface area contributed by atoms with E-state index in [-0.39, 0.29) is 18.6 Å². The Hall–Kier alpha value is -3.32. The first-order chi connectivity index (χ1) is 15.1. The van der Waals surface area contributed by atoms with Crippen LogP contribution in [0, 0.1) is 0 Å². The van der Waals surface area contributed by atoms with Gasteiger partial charge in [0.15, 0.2) is 0 Å². The molecule has 4 rings (SSSR count). The topological polar surface area (TPSA) is 76.5 Å². The van der Waals surface area contributed by atoms with E-state index in [1.54, 1.807) is 23.4 Å². The van der Waals surface area contributed by atoms with Crippen LogP contribution in [0.2, 0.25) is 5.02 Å². The van der Waals surface area contributed by atoms with Crippen molar-refractivity contribution in [2.45, 2.75) is 18.9 Å². The highest BCUT2D eigenvalue weighted by atomic mass is 35.5. The van der Waals surface area contributed by atoms with Crippen molar-refractivity contribution in [1.82, 2.24) is 20.0 Å². The van der Waals surface area contributed by atoms with E-state index in [2.05, 4.69) is 10.4 Å². The van der Waals surface area contributed by atoms with Crippen molar-refractivity contribution in [3.8, 4) is 16.9 Å². The van der Waals surface area contributed by atoms with E-state index in [9.17, 15) is 9.59 Å². The first-order valence-corrected chi connectivity index (χ1v) is 10.6. The predicted octanol–water partition coefficient (Wildman–Crippen LogP) is 3.83. The number of ether oxygens (including phenoxy) is 1. The number of hydrogen-bond acceptors (Lipinski definition) is 4. The second-order valence-corrected chi connectivity index (χ2v) is 7.73. The van der Waals surface area contributed by atoms with E-state index < -0.39 is 6.03 Å². The SMILES string of the molecule is O=C(CNC(=O)n1cc(-c2ccccc2)cn1)N1CCC(Oc2ccccc2Cl)CC1. The maximum atomic E-state index is 12.5. The fourth-order valence-corrected chi connectivity index (χ4v) is 3.68. The molecular weight excluding hydrogens is 416 g/mol. The van der Waals surface area contributed by atoms with E-state index in [1.807, 2.05) is 48.5 Å². The van der Waals surface area contributed by atoms with Gasteiger partial charge >= 0.3 is 6.03 Å². The van der Waals surface area contributed by atoms with Gasteiger partial charge in [-0.1, -0.05) is 54.1 Å². The summed E-state index contributed by atoms with van der Waals surface area (Å²) in [4.78, 5) is 26.6. The van der Waals surface area contributed by atoms with Gasteiger partial charge in [-0.3, -0.25) is 4.79 Å². The van der Waals surface area contributed by atoms with Crippen LogP contribution in [0.4, 0.5) is 4.79 Å². The summed E-state index contributed by atoms with van der Waals surface area (Å²) < 4.78 is 7.17. The number of para-hydroxylation sites is 1. The summed E-state index contributed by atoms with van der Waals surface area (Å²) >= 11 is 6.14. The molecule has 0 saturated carbocycles. The molecule has 1 aromatic heterocycles. The van der Waals surface area contributed by atoms with Gasteiger partial charge in [0.1, 0.15) is 11.9 Å². The highest BCUT2D eigenvalue weighted by molar-refractivity contribution is 6.32. The average Bonchev–Trinajstić information content (AvgIpc) is 3.30. The molecule has 31 heavy (non-hydrogen) atoms. The van der Waals surface area contributed by atoms with E-state index in [4.69, 9.17) is 16.3 Å². The third-order valence-corrected chi connectivity index (χ3v) is 5.53. The Morgan fingerprint density at radius 1 is 1.03 bits per heavy atom. The van der Waals surface area contributed by atoms with Crippen LogP contribution < -0.4 is 10.1 Å². The lowest BCUT2D eigenvalue weighted by molar-refractivity contribution is -0.131. The van der Waals surface area contributed by atoms with Gasteiger partial charge in [0.05, 0.1) is 17.8 Å². The molecule has 0 spiro atoms. The molecular formula is C23H23ClN4O3. The molecule has 2 amide bonds. The summed E-state index contributed by atoms with van der Waals surface area (Å²) in [7, 11) is 0. The van der Waals surface area contributed by atoms with Crippen molar-refractivity contribution in [2.24, 2.45) is 0 Å². The fraction of sp³-hybridized carbons (Fsp3) is 0.261. The lowest BCUT2D eigenvalue weighted by atomic mass is 10.1. The van der Waals surface area contributed by atoms with Gasteiger partial charge in [-0.05, 0) is 17.7 Å². The number of piperidine rings is 1. The lowest BCUT2D eigenvalue weighted by Gasteiger charge is -2.32. The molecule has 8 heteroatoms. The zero-order chi connectivity index (χ0) is 21.6. The molecule has 3 aromatic rings. The van der Waals surface area contributed by atoms with Gasteiger partial charge in [-0.2, -0.15) is 9.78 Å². The van der Waals surface area contributed by atoms with Crippen LogP contribution >= 0.6 is 11.6 Å². The van der Waals surface area contributed by atoms with Crippen LogP contribution in [-0.4, -0.2) is 52.4 Å². The van der Waals surface area contributed by atoms with Crippen molar-refractivity contribution in [3.05, 3.63) is 72.0 Å². The minimum absolute atomic E-state index is 0.0130. The number of hydrogen-bond donors (Lipinski definition) is 1.